The molecule has 16 heavy (non-hydrogen) atoms. The van der Waals surface area contributed by atoms with Crippen LogP contribution in [0.3, 0.4) is 0 Å². The van der Waals surface area contributed by atoms with Crippen molar-refractivity contribution in [3.8, 4) is 0 Å². The van der Waals surface area contributed by atoms with E-state index in [4.69, 9.17) is 10.8 Å². The zero-order chi connectivity index (χ0) is 12.6. The van der Waals surface area contributed by atoms with Gasteiger partial charge in [0.25, 0.3) is 0 Å². The van der Waals surface area contributed by atoms with Crippen molar-refractivity contribution in [2.24, 2.45) is 5.73 Å². The SMILES string of the molecule is CC1(C)CCCN1S(=O)(=O)C[C@H](N)C(=O)O. The van der Waals surface area contributed by atoms with Crippen molar-refractivity contribution in [3.63, 3.8) is 0 Å². The van der Waals surface area contributed by atoms with Gasteiger partial charge in [0.1, 0.15) is 6.04 Å². The van der Waals surface area contributed by atoms with Crippen LogP contribution in [0.25, 0.3) is 0 Å². The van der Waals surface area contributed by atoms with Gasteiger partial charge in [0.05, 0.1) is 5.75 Å². The Morgan fingerprint density at radius 3 is 2.50 bits per heavy atom. The first-order valence-electron chi connectivity index (χ1n) is 5.16. The van der Waals surface area contributed by atoms with E-state index >= 15 is 0 Å². The van der Waals surface area contributed by atoms with Gasteiger partial charge in [-0.05, 0) is 26.7 Å². The molecular weight excluding hydrogens is 232 g/mol. The lowest BCUT2D eigenvalue weighted by atomic mass is 10.0. The van der Waals surface area contributed by atoms with Crippen LogP contribution in [-0.2, 0) is 14.8 Å². The minimum absolute atomic E-state index is 0.433. The molecule has 0 radical (unpaired) electrons. The molecule has 0 bridgehead atoms. The van der Waals surface area contributed by atoms with Crippen molar-refractivity contribution in [1.82, 2.24) is 4.31 Å². The molecule has 94 valence electrons. The van der Waals surface area contributed by atoms with Crippen LogP contribution in [0.2, 0.25) is 0 Å². The number of carbonyl (C=O) groups is 1. The summed E-state index contributed by atoms with van der Waals surface area (Å²) in [4.78, 5) is 10.5. The van der Waals surface area contributed by atoms with Crippen molar-refractivity contribution in [2.45, 2.75) is 38.3 Å². The van der Waals surface area contributed by atoms with Gasteiger partial charge in [0, 0.05) is 12.1 Å². The predicted molar refractivity (Wildman–Crippen MR) is 59.4 cm³/mol. The molecule has 7 heteroatoms. The summed E-state index contributed by atoms with van der Waals surface area (Å²) in [7, 11) is -3.58. The van der Waals surface area contributed by atoms with E-state index in [-0.39, 0.29) is 0 Å². The van der Waals surface area contributed by atoms with Crippen LogP contribution >= 0.6 is 0 Å². The fourth-order valence-electron chi connectivity index (χ4n) is 1.99. The molecule has 1 saturated heterocycles. The third kappa shape index (κ3) is 2.72. The smallest absolute Gasteiger partial charge is 0.321 e. The maximum Gasteiger partial charge on any atom is 0.321 e. The van der Waals surface area contributed by atoms with Crippen LogP contribution in [0, 0.1) is 0 Å². The third-order valence-electron chi connectivity index (χ3n) is 2.87. The average Bonchev–Trinajstić information content (AvgIpc) is 2.44. The topological polar surface area (TPSA) is 101 Å². The Morgan fingerprint density at radius 2 is 2.12 bits per heavy atom. The Balaban J connectivity index is 2.83. The molecule has 1 fully saturated rings. The highest BCUT2D eigenvalue weighted by Crippen LogP contribution is 2.31. The van der Waals surface area contributed by atoms with Crippen LogP contribution in [-0.4, -0.2) is 47.7 Å². The normalized spacial score (nSPS) is 23.2. The van der Waals surface area contributed by atoms with Gasteiger partial charge in [-0.15, -0.1) is 0 Å². The predicted octanol–water partition coefficient (Wildman–Crippen LogP) is -0.397. The molecule has 1 aliphatic rings. The molecule has 0 aliphatic carbocycles. The molecule has 0 spiro atoms. The highest BCUT2D eigenvalue weighted by atomic mass is 32.2. The lowest BCUT2D eigenvalue weighted by Gasteiger charge is -2.30. The molecule has 0 aromatic heterocycles. The summed E-state index contributed by atoms with van der Waals surface area (Å²) in [6.45, 7) is 4.12. The molecule has 0 amide bonds. The highest BCUT2D eigenvalue weighted by Gasteiger charge is 2.41. The van der Waals surface area contributed by atoms with E-state index in [9.17, 15) is 13.2 Å². The first-order chi connectivity index (χ1) is 7.17. The number of nitrogens with two attached hydrogens (primary N) is 1. The maximum atomic E-state index is 11.9. The van der Waals surface area contributed by atoms with E-state index in [0.717, 1.165) is 12.8 Å². The fourth-order valence-corrected chi connectivity index (χ4v) is 4.01. The van der Waals surface area contributed by atoms with Crippen molar-refractivity contribution in [3.05, 3.63) is 0 Å². The summed E-state index contributed by atoms with van der Waals surface area (Å²) in [5.41, 5.74) is 4.82. The van der Waals surface area contributed by atoms with E-state index in [0.29, 0.717) is 6.54 Å². The van der Waals surface area contributed by atoms with Crippen LogP contribution in [0.1, 0.15) is 26.7 Å². The third-order valence-corrected chi connectivity index (χ3v) is 5.00. The molecule has 1 heterocycles. The summed E-state index contributed by atoms with van der Waals surface area (Å²) >= 11 is 0. The minimum atomic E-state index is -3.58. The van der Waals surface area contributed by atoms with Gasteiger partial charge in [-0.2, -0.15) is 4.31 Å². The average molecular weight is 250 g/mol. The minimum Gasteiger partial charge on any atom is -0.480 e. The largest absolute Gasteiger partial charge is 0.480 e. The van der Waals surface area contributed by atoms with Crippen LogP contribution < -0.4 is 5.73 Å². The molecule has 3 N–H and O–H groups in total. The molecule has 0 saturated carbocycles. The number of rotatable bonds is 4. The maximum absolute atomic E-state index is 11.9. The van der Waals surface area contributed by atoms with Crippen molar-refractivity contribution >= 4 is 16.0 Å². The van der Waals surface area contributed by atoms with E-state index in [2.05, 4.69) is 0 Å². The second-order valence-corrected chi connectivity index (χ2v) is 6.65. The molecule has 0 aromatic carbocycles. The highest BCUT2D eigenvalue weighted by molar-refractivity contribution is 7.89. The van der Waals surface area contributed by atoms with Gasteiger partial charge < -0.3 is 10.8 Å². The Morgan fingerprint density at radius 1 is 1.56 bits per heavy atom. The van der Waals surface area contributed by atoms with Crippen LogP contribution in [0.15, 0.2) is 0 Å². The summed E-state index contributed by atoms with van der Waals surface area (Å²) < 4.78 is 25.3. The molecule has 1 atom stereocenters. The first kappa shape index (κ1) is 13.4. The van der Waals surface area contributed by atoms with Crippen molar-refractivity contribution < 1.29 is 18.3 Å². The van der Waals surface area contributed by atoms with Crippen molar-refractivity contribution in [1.29, 1.82) is 0 Å². The number of aliphatic carboxylic acids is 1. The van der Waals surface area contributed by atoms with E-state index in [1.807, 2.05) is 13.8 Å². The van der Waals surface area contributed by atoms with E-state index in [1.54, 1.807) is 0 Å². The van der Waals surface area contributed by atoms with Crippen LogP contribution in [0.4, 0.5) is 0 Å². The zero-order valence-electron chi connectivity index (χ0n) is 9.51. The number of nitrogens with zero attached hydrogens (tertiary/aromatic N) is 1. The summed E-state index contributed by atoms with van der Waals surface area (Å²) in [6, 6.07) is -1.36. The standard InChI is InChI=1S/C9H18N2O4S/c1-9(2)4-3-5-11(9)16(14,15)6-7(10)8(12)13/h7H,3-6,10H2,1-2H3,(H,12,13)/t7-/m0/s1. The monoisotopic (exact) mass is 250 g/mol. The van der Waals surface area contributed by atoms with Gasteiger partial charge in [-0.1, -0.05) is 0 Å². The number of sulfonamides is 1. The lowest BCUT2D eigenvalue weighted by molar-refractivity contribution is -0.138. The quantitative estimate of drug-likeness (QED) is 0.707. The second kappa shape index (κ2) is 4.31. The summed E-state index contributed by atoms with van der Waals surface area (Å²) in [6.07, 6.45) is 1.59. The van der Waals surface area contributed by atoms with Gasteiger partial charge in [0.15, 0.2) is 0 Å². The van der Waals surface area contributed by atoms with Crippen LogP contribution in [0.5, 0.6) is 0 Å². The van der Waals surface area contributed by atoms with Gasteiger partial charge in [-0.3, -0.25) is 4.79 Å². The second-order valence-electron chi connectivity index (χ2n) is 4.71. The number of carboxylic acid groups (broad SMARTS) is 1. The lowest BCUT2D eigenvalue weighted by Crippen LogP contribution is -2.48. The van der Waals surface area contributed by atoms with Crippen molar-refractivity contribution in [2.75, 3.05) is 12.3 Å². The fraction of sp³-hybridized carbons (Fsp3) is 0.889. The van der Waals surface area contributed by atoms with Gasteiger partial charge in [0.2, 0.25) is 10.0 Å². The van der Waals surface area contributed by atoms with E-state index in [1.165, 1.54) is 4.31 Å². The van der Waals surface area contributed by atoms with Gasteiger partial charge >= 0.3 is 5.97 Å². The Hall–Kier alpha value is -0.660. The summed E-state index contributed by atoms with van der Waals surface area (Å²) in [5, 5.41) is 8.61. The van der Waals surface area contributed by atoms with E-state index < -0.39 is 33.3 Å². The number of hydrogen-bond donors (Lipinski definition) is 2. The summed E-state index contributed by atoms with van der Waals surface area (Å²) in [5.74, 6) is -1.83. The molecule has 0 aromatic rings. The molecular formula is C9H18N2O4S. The number of hydrogen-bond acceptors (Lipinski definition) is 4. The first-order valence-corrected chi connectivity index (χ1v) is 6.77. The molecule has 0 unspecified atom stereocenters. The zero-order valence-corrected chi connectivity index (χ0v) is 10.3. The molecule has 1 rings (SSSR count). The van der Waals surface area contributed by atoms with Gasteiger partial charge in [-0.25, -0.2) is 8.42 Å². The molecule has 1 aliphatic heterocycles. The Bertz CT molecular complexity index is 377. The molecule has 6 nitrogen and oxygen atoms in total. The Labute approximate surface area is 95.5 Å². The number of carboxylic acids is 1. The Kier molecular flexibility index (Phi) is 3.61.